The number of fused-ring (bicyclic) bond motifs is 1. The number of piperidine rings is 1. The van der Waals surface area contributed by atoms with Gasteiger partial charge in [0, 0.05) is 6.04 Å². The van der Waals surface area contributed by atoms with Crippen LogP contribution in [0.1, 0.15) is 25.1 Å². The van der Waals surface area contributed by atoms with E-state index in [1.165, 1.54) is 11.3 Å². The quantitative estimate of drug-likeness (QED) is 0.889. The van der Waals surface area contributed by atoms with Gasteiger partial charge in [-0.05, 0) is 30.8 Å². The van der Waals surface area contributed by atoms with E-state index in [4.69, 9.17) is 0 Å². The molecule has 1 aliphatic heterocycles. The van der Waals surface area contributed by atoms with Crippen LogP contribution in [0, 0.1) is 0 Å². The van der Waals surface area contributed by atoms with E-state index in [1.54, 1.807) is 0 Å². The van der Waals surface area contributed by atoms with Gasteiger partial charge < -0.3 is 10.1 Å². The monoisotopic (exact) mass is 279 g/mol. The lowest BCUT2D eigenvalue weighted by Gasteiger charge is -2.33. The Morgan fingerprint density at radius 2 is 2.42 bits per heavy atom. The van der Waals surface area contributed by atoms with Gasteiger partial charge in [0.05, 0.1) is 18.7 Å². The predicted molar refractivity (Wildman–Crippen MR) is 75.4 cm³/mol. The number of likely N-dealkylation sites (tertiary alicyclic amines) is 1. The van der Waals surface area contributed by atoms with Crippen LogP contribution in [-0.2, 0) is 6.54 Å². The first-order valence-corrected chi connectivity index (χ1v) is 7.47. The predicted octanol–water partition coefficient (Wildman–Crippen LogP) is 1.33. The number of rotatable bonds is 3. The highest BCUT2D eigenvalue weighted by molar-refractivity contribution is 7.17. The third-order valence-corrected chi connectivity index (χ3v) is 4.58. The van der Waals surface area contributed by atoms with Crippen molar-refractivity contribution in [2.45, 2.75) is 31.8 Å². The molecular formula is C13H17N3O2S. The molecule has 2 N–H and O–H groups in total. The molecular weight excluding hydrogens is 262 g/mol. The molecule has 1 saturated heterocycles. The molecule has 2 aromatic rings. The molecule has 0 spiro atoms. The largest absolute Gasteiger partial charge is 0.395 e. The Balaban J connectivity index is 1.85. The summed E-state index contributed by atoms with van der Waals surface area (Å²) in [5.41, 5.74) is 0.703. The Morgan fingerprint density at radius 3 is 3.26 bits per heavy atom. The van der Waals surface area contributed by atoms with Crippen LogP contribution in [-0.4, -0.2) is 39.2 Å². The van der Waals surface area contributed by atoms with Crippen molar-refractivity contribution in [1.29, 1.82) is 0 Å². The van der Waals surface area contributed by atoms with Gasteiger partial charge in [0.15, 0.2) is 0 Å². The Hall–Kier alpha value is -1.24. The number of nitrogens with zero attached hydrogens (tertiary/aromatic N) is 2. The Bertz CT molecular complexity index is 622. The molecule has 3 heterocycles. The van der Waals surface area contributed by atoms with Gasteiger partial charge in [-0.25, -0.2) is 4.98 Å². The minimum absolute atomic E-state index is 0.0624. The van der Waals surface area contributed by atoms with Crippen molar-refractivity contribution in [1.82, 2.24) is 14.9 Å². The number of aliphatic hydroxyl groups is 1. The number of aromatic nitrogens is 2. The third kappa shape index (κ3) is 2.56. The first-order valence-electron chi connectivity index (χ1n) is 6.59. The standard InChI is InChI=1S/C13H17N3O2S/c17-8-9-3-1-2-5-16(9)7-11-14-10-4-6-19-12(10)13(18)15-11/h4,6,9,17H,1-3,5,7-8H2,(H,14,15,18). The van der Waals surface area contributed by atoms with Crippen molar-refractivity contribution in [3.63, 3.8) is 0 Å². The first-order chi connectivity index (χ1) is 9.28. The zero-order valence-electron chi connectivity index (χ0n) is 10.6. The van der Waals surface area contributed by atoms with E-state index < -0.39 is 0 Å². The summed E-state index contributed by atoms with van der Waals surface area (Å²) in [5, 5.41) is 11.3. The summed E-state index contributed by atoms with van der Waals surface area (Å²) in [4.78, 5) is 21.4. The van der Waals surface area contributed by atoms with Crippen molar-refractivity contribution in [3.8, 4) is 0 Å². The fraction of sp³-hybridized carbons (Fsp3) is 0.538. The van der Waals surface area contributed by atoms with Gasteiger partial charge in [0.1, 0.15) is 10.5 Å². The Labute approximate surface area is 114 Å². The highest BCUT2D eigenvalue weighted by atomic mass is 32.1. The lowest BCUT2D eigenvalue weighted by atomic mass is 10.0. The lowest BCUT2D eigenvalue weighted by molar-refractivity contribution is 0.0820. The Kier molecular flexibility index (Phi) is 3.63. The normalized spacial score (nSPS) is 21.0. The zero-order valence-corrected chi connectivity index (χ0v) is 11.4. The van der Waals surface area contributed by atoms with Crippen LogP contribution in [0.3, 0.4) is 0 Å². The number of H-pyrrole nitrogens is 1. The number of thiophene rings is 1. The van der Waals surface area contributed by atoms with Gasteiger partial charge in [-0.1, -0.05) is 6.42 Å². The van der Waals surface area contributed by atoms with E-state index in [1.807, 2.05) is 11.4 Å². The molecule has 102 valence electrons. The molecule has 0 saturated carbocycles. The Morgan fingerprint density at radius 1 is 1.53 bits per heavy atom. The highest BCUT2D eigenvalue weighted by Gasteiger charge is 2.22. The van der Waals surface area contributed by atoms with Crippen molar-refractivity contribution in [2.24, 2.45) is 0 Å². The summed E-state index contributed by atoms with van der Waals surface area (Å²) in [6.45, 7) is 1.73. The van der Waals surface area contributed by atoms with Crippen LogP contribution in [0.5, 0.6) is 0 Å². The fourth-order valence-electron chi connectivity index (χ4n) is 2.66. The summed E-state index contributed by atoms with van der Waals surface area (Å²) in [6, 6.07) is 2.07. The molecule has 0 aromatic carbocycles. The molecule has 1 aliphatic rings. The van der Waals surface area contributed by atoms with E-state index in [-0.39, 0.29) is 18.2 Å². The van der Waals surface area contributed by atoms with Gasteiger partial charge in [-0.3, -0.25) is 9.69 Å². The summed E-state index contributed by atoms with van der Waals surface area (Å²) < 4.78 is 0.682. The van der Waals surface area contributed by atoms with Gasteiger partial charge in [0.2, 0.25) is 0 Å². The lowest BCUT2D eigenvalue weighted by Crippen LogP contribution is -2.41. The van der Waals surface area contributed by atoms with Gasteiger partial charge in [-0.15, -0.1) is 11.3 Å². The van der Waals surface area contributed by atoms with Gasteiger partial charge in [0.25, 0.3) is 5.56 Å². The van der Waals surface area contributed by atoms with Crippen LogP contribution in [0.25, 0.3) is 10.2 Å². The third-order valence-electron chi connectivity index (χ3n) is 3.68. The molecule has 3 rings (SSSR count). The van der Waals surface area contributed by atoms with Gasteiger partial charge >= 0.3 is 0 Å². The minimum Gasteiger partial charge on any atom is -0.395 e. The van der Waals surface area contributed by atoms with E-state index >= 15 is 0 Å². The molecule has 0 bridgehead atoms. The smallest absolute Gasteiger partial charge is 0.268 e. The van der Waals surface area contributed by atoms with Crippen LogP contribution in [0.4, 0.5) is 0 Å². The average molecular weight is 279 g/mol. The van der Waals surface area contributed by atoms with Crippen LogP contribution in [0.2, 0.25) is 0 Å². The van der Waals surface area contributed by atoms with E-state index in [9.17, 15) is 9.90 Å². The number of nitrogens with one attached hydrogen (secondary N) is 1. The average Bonchev–Trinajstić information content (AvgIpc) is 2.88. The minimum atomic E-state index is -0.0624. The molecule has 5 nitrogen and oxygen atoms in total. The van der Waals surface area contributed by atoms with Crippen molar-refractivity contribution < 1.29 is 5.11 Å². The van der Waals surface area contributed by atoms with Crippen molar-refractivity contribution >= 4 is 21.6 Å². The van der Waals surface area contributed by atoms with Crippen molar-refractivity contribution in [2.75, 3.05) is 13.2 Å². The number of hydrogen-bond donors (Lipinski definition) is 2. The zero-order chi connectivity index (χ0) is 13.2. The second kappa shape index (κ2) is 5.40. The first kappa shape index (κ1) is 12.8. The van der Waals surface area contributed by atoms with Gasteiger partial charge in [-0.2, -0.15) is 0 Å². The number of aliphatic hydroxyl groups excluding tert-OH is 1. The molecule has 1 fully saturated rings. The maximum atomic E-state index is 11.9. The SMILES string of the molecule is O=c1[nH]c(CN2CCCCC2CO)nc2ccsc12. The molecule has 0 radical (unpaired) electrons. The maximum Gasteiger partial charge on any atom is 0.268 e. The van der Waals surface area contributed by atoms with E-state index in [0.717, 1.165) is 31.3 Å². The molecule has 0 amide bonds. The number of aromatic amines is 1. The molecule has 0 aliphatic carbocycles. The molecule has 6 heteroatoms. The maximum absolute atomic E-state index is 11.9. The topological polar surface area (TPSA) is 69.2 Å². The summed E-state index contributed by atoms with van der Waals surface area (Å²) in [6.07, 6.45) is 3.32. The van der Waals surface area contributed by atoms with Crippen LogP contribution < -0.4 is 5.56 Å². The van der Waals surface area contributed by atoms with Crippen molar-refractivity contribution in [3.05, 3.63) is 27.6 Å². The molecule has 1 unspecified atom stereocenters. The van der Waals surface area contributed by atoms with Crippen LogP contribution in [0.15, 0.2) is 16.2 Å². The molecule has 2 aromatic heterocycles. The summed E-state index contributed by atoms with van der Waals surface area (Å²) in [7, 11) is 0. The molecule has 19 heavy (non-hydrogen) atoms. The highest BCUT2D eigenvalue weighted by Crippen LogP contribution is 2.19. The van der Waals surface area contributed by atoms with E-state index in [2.05, 4.69) is 14.9 Å². The number of hydrogen-bond acceptors (Lipinski definition) is 5. The summed E-state index contributed by atoms with van der Waals surface area (Å²) >= 11 is 1.41. The second-order valence-corrected chi connectivity index (χ2v) is 5.87. The molecule has 1 atom stereocenters. The second-order valence-electron chi connectivity index (χ2n) is 4.95. The summed E-state index contributed by atoms with van der Waals surface area (Å²) in [5.74, 6) is 0.691. The van der Waals surface area contributed by atoms with E-state index in [0.29, 0.717) is 17.1 Å². The van der Waals surface area contributed by atoms with Crippen LogP contribution >= 0.6 is 11.3 Å². The fourth-order valence-corrected chi connectivity index (χ4v) is 3.39.